The van der Waals surface area contributed by atoms with Crippen molar-refractivity contribution in [1.82, 2.24) is 0 Å². The van der Waals surface area contributed by atoms with Crippen LogP contribution in [0, 0.1) is 46.3 Å². The van der Waals surface area contributed by atoms with Crippen molar-refractivity contribution in [3.63, 3.8) is 0 Å². The van der Waals surface area contributed by atoms with Crippen molar-refractivity contribution in [2.75, 3.05) is 0 Å². The van der Waals surface area contributed by atoms with Gasteiger partial charge in [-0.25, -0.2) is 0 Å². The molecule has 6 fully saturated rings. The van der Waals surface area contributed by atoms with Crippen LogP contribution in [-0.2, 0) is 0 Å². The van der Waals surface area contributed by atoms with Crippen LogP contribution >= 0.6 is 0 Å². The maximum atomic E-state index is 2.64. The van der Waals surface area contributed by atoms with Gasteiger partial charge in [-0.2, -0.15) is 0 Å². The molecule has 0 spiro atoms. The standard InChI is InChI=1S/2C16H28.14C2H6/c1-16(11-3-2-4-12-16)15-10-6-8-13-7-5-9-14(13)15;1-16(10-3-2-4-11-16)15-9-8-13-6-5-7-14(13)12-15;14*1-2/h2*13-15H,2-12H2,1H3;14*1-2H3. The lowest BCUT2D eigenvalue weighted by Gasteiger charge is -2.48. The largest absolute Gasteiger partial charge is 0.0683 e. The minimum absolute atomic E-state index is 0.742. The molecule has 6 atom stereocenters. The molecule has 0 aromatic heterocycles. The molecule has 0 bridgehead atoms. The van der Waals surface area contributed by atoms with E-state index in [2.05, 4.69) is 13.8 Å². The molecule has 6 unspecified atom stereocenters. The molecule has 6 aliphatic carbocycles. The summed E-state index contributed by atoms with van der Waals surface area (Å²) in [6, 6.07) is 0. The van der Waals surface area contributed by atoms with Gasteiger partial charge in [-0.3, -0.25) is 0 Å². The normalized spacial score (nSPS) is 24.3. The van der Waals surface area contributed by atoms with Crippen LogP contribution in [0.4, 0.5) is 0 Å². The molecule has 0 aromatic carbocycles. The van der Waals surface area contributed by atoms with Gasteiger partial charge in [0, 0.05) is 0 Å². The lowest BCUT2D eigenvalue weighted by atomic mass is 9.57. The van der Waals surface area contributed by atoms with Gasteiger partial charge in [0.1, 0.15) is 0 Å². The molecule has 0 amide bonds. The first-order valence-corrected chi connectivity index (χ1v) is 29.6. The Balaban J connectivity index is -0.0000000662. The van der Waals surface area contributed by atoms with Gasteiger partial charge in [-0.1, -0.05) is 291 Å². The minimum Gasteiger partial charge on any atom is -0.0683 e. The van der Waals surface area contributed by atoms with Gasteiger partial charge in [0.2, 0.25) is 0 Å². The quantitative estimate of drug-likeness (QED) is 0.259. The fourth-order valence-corrected chi connectivity index (χ4v) is 10.5. The lowest BCUT2D eigenvalue weighted by molar-refractivity contribution is 0.0237. The zero-order chi connectivity index (χ0) is 50.0. The zero-order valence-corrected chi connectivity index (χ0v) is 50.0. The molecule has 0 radical (unpaired) electrons. The molecular weight excluding hydrogens is 721 g/mol. The summed E-state index contributed by atoms with van der Waals surface area (Å²) in [5.41, 5.74) is 1.48. The van der Waals surface area contributed by atoms with Gasteiger partial charge in [0.15, 0.2) is 0 Å². The summed E-state index contributed by atoms with van der Waals surface area (Å²) in [6.45, 7) is 61.3. The Morgan fingerprint density at radius 1 is 0.250 bits per heavy atom. The molecule has 0 nitrogen and oxygen atoms in total. The van der Waals surface area contributed by atoms with Crippen LogP contribution in [0.25, 0.3) is 0 Å². The highest BCUT2D eigenvalue weighted by Crippen LogP contribution is 2.56. The van der Waals surface area contributed by atoms with Gasteiger partial charge in [-0.15, -0.1) is 0 Å². The molecule has 6 aliphatic rings. The van der Waals surface area contributed by atoms with Crippen molar-refractivity contribution in [2.45, 2.75) is 349 Å². The van der Waals surface area contributed by atoms with Crippen molar-refractivity contribution < 1.29 is 0 Å². The number of hydrogen-bond acceptors (Lipinski definition) is 0. The van der Waals surface area contributed by atoms with E-state index < -0.39 is 0 Å². The van der Waals surface area contributed by atoms with Crippen LogP contribution in [0.3, 0.4) is 0 Å². The Labute approximate surface area is 393 Å². The Hall–Kier alpha value is 0. The van der Waals surface area contributed by atoms with Crippen molar-refractivity contribution in [2.24, 2.45) is 46.3 Å². The monoisotopic (exact) mass is 861 g/mol. The number of fused-ring (bicyclic) bond motifs is 2. The predicted octanol–water partition coefficient (Wildman–Crippen LogP) is 24.7. The fourth-order valence-electron chi connectivity index (χ4n) is 10.5. The first-order valence-electron chi connectivity index (χ1n) is 29.6. The van der Waals surface area contributed by atoms with E-state index >= 15 is 0 Å². The highest BCUT2D eigenvalue weighted by atomic mass is 14.5. The first kappa shape index (κ1) is 83.5. The van der Waals surface area contributed by atoms with Crippen LogP contribution < -0.4 is 0 Å². The molecule has 0 aromatic rings. The van der Waals surface area contributed by atoms with E-state index in [1.54, 1.807) is 89.9 Å². The van der Waals surface area contributed by atoms with Crippen molar-refractivity contribution in [1.29, 1.82) is 0 Å². The van der Waals surface area contributed by atoms with E-state index in [1.807, 2.05) is 194 Å². The molecule has 380 valence electrons. The van der Waals surface area contributed by atoms with Crippen LogP contribution in [0.1, 0.15) is 349 Å². The maximum absolute atomic E-state index is 2.64. The van der Waals surface area contributed by atoms with Crippen molar-refractivity contribution >= 4 is 0 Å². The van der Waals surface area contributed by atoms with E-state index in [9.17, 15) is 0 Å². The minimum atomic E-state index is 0.742. The molecular formula is C60H140. The van der Waals surface area contributed by atoms with Crippen LogP contribution in [0.15, 0.2) is 0 Å². The summed E-state index contributed by atoms with van der Waals surface area (Å²) in [4.78, 5) is 0. The molecule has 0 N–H and O–H groups in total. The van der Waals surface area contributed by atoms with Crippen LogP contribution in [-0.4, -0.2) is 0 Å². The van der Waals surface area contributed by atoms with E-state index in [0.29, 0.717) is 0 Å². The summed E-state index contributed by atoms with van der Waals surface area (Å²) < 4.78 is 0. The summed E-state index contributed by atoms with van der Waals surface area (Å²) in [5.74, 6) is 6.75. The number of rotatable bonds is 2. The van der Waals surface area contributed by atoms with E-state index in [0.717, 1.165) is 46.3 Å². The Morgan fingerprint density at radius 2 is 0.550 bits per heavy atom. The average Bonchev–Trinajstić information content (AvgIpc) is 4.09. The fraction of sp³-hybridized carbons (Fsp3) is 1.00. The van der Waals surface area contributed by atoms with E-state index in [-0.39, 0.29) is 0 Å². The van der Waals surface area contributed by atoms with Crippen molar-refractivity contribution in [3.05, 3.63) is 0 Å². The zero-order valence-electron chi connectivity index (χ0n) is 50.0. The summed E-state index contributed by atoms with van der Waals surface area (Å²) >= 11 is 0. The molecule has 0 heterocycles. The smallest absolute Gasteiger partial charge is 0.0295 e. The Bertz CT molecular complexity index is 577. The third kappa shape index (κ3) is 37.4. The molecule has 60 heavy (non-hydrogen) atoms. The summed E-state index contributed by atoms with van der Waals surface area (Å²) in [5, 5.41) is 0. The highest BCUT2D eigenvalue weighted by Gasteiger charge is 2.45. The topological polar surface area (TPSA) is 0 Å². The van der Waals surface area contributed by atoms with Gasteiger partial charge >= 0.3 is 0 Å². The second-order valence-electron chi connectivity index (χ2n) is 14.3. The molecule has 0 heteroatoms. The van der Waals surface area contributed by atoms with Crippen molar-refractivity contribution in [3.8, 4) is 0 Å². The molecule has 0 saturated heterocycles. The third-order valence-corrected chi connectivity index (χ3v) is 12.5. The number of hydrogen-bond donors (Lipinski definition) is 0. The summed E-state index contributed by atoms with van der Waals surface area (Å²) in [6.07, 6.45) is 34.0. The second-order valence-corrected chi connectivity index (χ2v) is 14.3. The Kier molecular flexibility index (Phi) is 102. The summed E-state index contributed by atoms with van der Waals surface area (Å²) in [7, 11) is 0. The van der Waals surface area contributed by atoms with Gasteiger partial charge in [-0.05, 0) is 104 Å². The maximum Gasteiger partial charge on any atom is -0.0295 e. The van der Waals surface area contributed by atoms with Crippen LogP contribution in [0.2, 0.25) is 0 Å². The SMILES string of the molecule is CC.CC.CC.CC.CC.CC.CC.CC.CC.CC.CC.CC.CC.CC.CC1(C2CCC3CCCC3C2)CCCCC1.CC1(C2CCCC3CCCC32)CCCCC1. The van der Waals surface area contributed by atoms with Gasteiger partial charge in [0.05, 0.1) is 0 Å². The Morgan fingerprint density at radius 3 is 0.933 bits per heavy atom. The molecule has 6 rings (SSSR count). The predicted molar refractivity (Wildman–Crippen MR) is 298 cm³/mol. The van der Waals surface area contributed by atoms with Gasteiger partial charge < -0.3 is 0 Å². The van der Waals surface area contributed by atoms with Crippen LogP contribution in [0.5, 0.6) is 0 Å². The molecule has 0 aliphatic heterocycles. The first-order chi connectivity index (χ1) is 29.6. The van der Waals surface area contributed by atoms with E-state index in [1.165, 1.54) is 51.4 Å². The molecule has 6 saturated carbocycles. The second kappa shape index (κ2) is 73.4. The highest BCUT2D eigenvalue weighted by molar-refractivity contribution is 4.96. The van der Waals surface area contributed by atoms with E-state index in [4.69, 9.17) is 0 Å². The lowest BCUT2D eigenvalue weighted by Crippen LogP contribution is -2.38. The third-order valence-electron chi connectivity index (χ3n) is 12.5. The van der Waals surface area contributed by atoms with Gasteiger partial charge in [0.25, 0.3) is 0 Å². The average molecular weight is 862 g/mol.